The van der Waals surface area contributed by atoms with Crippen molar-refractivity contribution in [3.63, 3.8) is 0 Å². The molecule has 0 aliphatic carbocycles. The third kappa shape index (κ3) is 2.59. The lowest BCUT2D eigenvalue weighted by atomic mass is 9.89. The molecule has 3 rings (SSSR count). The van der Waals surface area contributed by atoms with E-state index in [1.165, 1.54) is 24.4 Å². The van der Waals surface area contributed by atoms with Crippen LogP contribution in [-0.4, -0.2) is 36.1 Å². The summed E-state index contributed by atoms with van der Waals surface area (Å²) in [6, 6.07) is 2.15. The first-order valence-corrected chi connectivity index (χ1v) is 7.62. The number of fused-ring (bicyclic) bond motifs is 1. The number of aromatic nitrogens is 2. The van der Waals surface area contributed by atoms with Gasteiger partial charge in [-0.2, -0.15) is 0 Å². The molecular formula is C15H24N4. The quantitative estimate of drug-likeness (QED) is 0.897. The van der Waals surface area contributed by atoms with Crippen molar-refractivity contribution in [2.24, 2.45) is 11.8 Å². The average molecular weight is 260 g/mol. The molecule has 2 aliphatic rings. The predicted octanol–water partition coefficient (Wildman–Crippen LogP) is 1.65. The van der Waals surface area contributed by atoms with Crippen LogP contribution in [0, 0.1) is 11.8 Å². The molecule has 3 heterocycles. The second kappa shape index (κ2) is 5.45. The molecule has 2 fully saturated rings. The van der Waals surface area contributed by atoms with E-state index in [4.69, 9.17) is 9.97 Å². The minimum absolute atomic E-state index is 0.785. The maximum absolute atomic E-state index is 4.73. The first-order chi connectivity index (χ1) is 9.30. The van der Waals surface area contributed by atoms with Gasteiger partial charge in [-0.05, 0) is 50.3 Å². The van der Waals surface area contributed by atoms with Crippen molar-refractivity contribution in [3.8, 4) is 0 Å². The van der Waals surface area contributed by atoms with Crippen molar-refractivity contribution in [2.45, 2.75) is 33.1 Å². The normalized spacial score (nSPS) is 26.5. The van der Waals surface area contributed by atoms with Gasteiger partial charge in [0.25, 0.3) is 0 Å². The summed E-state index contributed by atoms with van der Waals surface area (Å²) in [6.07, 6.45) is 3.26. The fraction of sp³-hybridized carbons (Fsp3) is 0.733. The third-order valence-corrected chi connectivity index (χ3v) is 4.53. The Morgan fingerprint density at radius 1 is 1.16 bits per heavy atom. The van der Waals surface area contributed by atoms with Gasteiger partial charge in [0.15, 0.2) is 0 Å². The molecule has 0 spiro atoms. The maximum atomic E-state index is 4.73. The van der Waals surface area contributed by atoms with Crippen LogP contribution in [0.1, 0.15) is 31.7 Å². The molecule has 2 saturated heterocycles. The van der Waals surface area contributed by atoms with Crippen molar-refractivity contribution < 1.29 is 0 Å². The lowest BCUT2D eigenvalue weighted by Crippen LogP contribution is -2.41. The van der Waals surface area contributed by atoms with Gasteiger partial charge in [-0.3, -0.25) is 0 Å². The predicted molar refractivity (Wildman–Crippen MR) is 77.5 cm³/mol. The van der Waals surface area contributed by atoms with Crippen LogP contribution in [-0.2, 0) is 12.8 Å². The Morgan fingerprint density at radius 3 is 2.53 bits per heavy atom. The fourth-order valence-corrected chi connectivity index (χ4v) is 3.26. The molecule has 4 heteroatoms. The van der Waals surface area contributed by atoms with Gasteiger partial charge in [0, 0.05) is 24.5 Å². The van der Waals surface area contributed by atoms with Crippen LogP contribution in [0.5, 0.6) is 0 Å². The Balaban J connectivity index is 1.81. The number of nitrogens with one attached hydrogen (secondary N) is 1. The van der Waals surface area contributed by atoms with Crippen LogP contribution in [0.3, 0.4) is 0 Å². The fourth-order valence-electron chi connectivity index (χ4n) is 3.26. The summed E-state index contributed by atoms with van der Waals surface area (Å²) in [7, 11) is 0. The molecule has 2 aliphatic heterocycles. The highest BCUT2D eigenvalue weighted by atomic mass is 15.3. The molecule has 19 heavy (non-hydrogen) atoms. The molecule has 2 atom stereocenters. The number of piperidine rings is 1. The van der Waals surface area contributed by atoms with Gasteiger partial charge in [0.05, 0.1) is 0 Å². The number of hydrogen-bond acceptors (Lipinski definition) is 4. The Hall–Kier alpha value is -1.16. The highest BCUT2D eigenvalue weighted by molar-refractivity contribution is 5.34. The minimum atomic E-state index is 0.785. The Kier molecular flexibility index (Phi) is 3.69. The Labute approximate surface area is 115 Å². The molecule has 104 valence electrons. The highest BCUT2D eigenvalue weighted by Crippen LogP contribution is 2.28. The first-order valence-electron chi connectivity index (χ1n) is 7.62. The smallest absolute Gasteiger partial charge is 0.225 e. The van der Waals surface area contributed by atoms with E-state index in [9.17, 15) is 0 Å². The van der Waals surface area contributed by atoms with Crippen LogP contribution < -0.4 is 10.2 Å². The van der Waals surface area contributed by atoms with Gasteiger partial charge in [0.1, 0.15) is 0 Å². The SMILES string of the molecule is CCc1cc(CC)nc(N2CCC3CNCC3C2)n1. The molecule has 4 nitrogen and oxygen atoms in total. The zero-order valence-electron chi connectivity index (χ0n) is 12.0. The lowest BCUT2D eigenvalue weighted by molar-refractivity contribution is 0.346. The molecule has 1 N–H and O–H groups in total. The Morgan fingerprint density at radius 2 is 1.84 bits per heavy atom. The van der Waals surface area contributed by atoms with Gasteiger partial charge in [-0.1, -0.05) is 13.8 Å². The summed E-state index contributed by atoms with van der Waals surface area (Å²) in [5.74, 6) is 2.62. The number of rotatable bonds is 3. The molecule has 1 aromatic rings. The van der Waals surface area contributed by atoms with Crippen LogP contribution >= 0.6 is 0 Å². The summed E-state index contributed by atoms with van der Waals surface area (Å²) in [4.78, 5) is 11.9. The van der Waals surface area contributed by atoms with E-state index in [-0.39, 0.29) is 0 Å². The number of nitrogens with zero attached hydrogens (tertiary/aromatic N) is 3. The summed E-state index contributed by atoms with van der Waals surface area (Å²) < 4.78 is 0. The molecule has 0 radical (unpaired) electrons. The van der Waals surface area contributed by atoms with E-state index in [1.54, 1.807) is 0 Å². The van der Waals surface area contributed by atoms with Gasteiger partial charge in [-0.15, -0.1) is 0 Å². The number of hydrogen-bond donors (Lipinski definition) is 1. The zero-order valence-corrected chi connectivity index (χ0v) is 12.0. The molecule has 0 bridgehead atoms. The Bertz CT molecular complexity index is 424. The minimum Gasteiger partial charge on any atom is -0.340 e. The van der Waals surface area contributed by atoms with Crippen molar-refractivity contribution in [3.05, 3.63) is 17.5 Å². The van der Waals surface area contributed by atoms with E-state index < -0.39 is 0 Å². The summed E-state index contributed by atoms with van der Waals surface area (Å²) >= 11 is 0. The monoisotopic (exact) mass is 260 g/mol. The second-order valence-electron chi connectivity index (χ2n) is 5.77. The number of aryl methyl sites for hydroxylation is 2. The van der Waals surface area contributed by atoms with E-state index in [2.05, 4.69) is 30.1 Å². The molecule has 2 unspecified atom stereocenters. The topological polar surface area (TPSA) is 41.1 Å². The van der Waals surface area contributed by atoms with Crippen LogP contribution in [0.25, 0.3) is 0 Å². The zero-order chi connectivity index (χ0) is 13.2. The van der Waals surface area contributed by atoms with Crippen molar-refractivity contribution >= 4 is 5.95 Å². The largest absolute Gasteiger partial charge is 0.340 e. The van der Waals surface area contributed by atoms with Crippen LogP contribution in [0.15, 0.2) is 6.07 Å². The number of anilines is 1. The van der Waals surface area contributed by atoms with Crippen molar-refractivity contribution in [2.75, 3.05) is 31.1 Å². The average Bonchev–Trinajstić information content (AvgIpc) is 2.94. The van der Waals surface area contributed by atoms with E-state index >= 15 is 0 Å². The summed E-state index contributed by atoms with van der Waals surface area (Å²) in [6.45, 7) is 8.92. The molecular weight excluding hydrogens is 236 g/mol. The first kappa shape index (κ1) is 12.9. The van der Waals surface area contributed by atoms with Gasteiger partial charge in [-0.25, -0.2) is 9.97 Å². The highest BCUT2D eigenvalue weighted by Gasteiger charge is 2.33. The third-order valence-electron chi connectivity index (χ3n) is 4.53. The summed E-state index contributed by atoms with van der Waals surface area (Å²) in [5.41, 5.74) is 2.35. The lowest BCUT2D eigenvalue weighted by Gasteiger charge is -2.34. The van der Waals surface area contributed by atoms with Crippen molar-refractivity contribution in [1.82, 2.24) is 15.3 Å². The van der Waals surface area contributed by atoms with E-state index in [1.807, 2.05) is 0 Å². The molecule has 0 saturated carbocycles. The molecule has 0 amide bonds. The van der Waals surface area contributed by atoms with Gasteiger partial charge < -0.3 is 10.2 Å². The van der Waals surface area contributed by atoms with Crippen LogP contribution in [0.2, 0.25) is 0 Å². The standard InChI is InChI=1S/C15H24N4/c1-3-13-7-14(4-2)18-15(17-13)19-6-5-11-8-16-9-12(11)10-19/h7,11-12,16H,3-6,8-10H2,1-2H3. The van der Waals surface area contributed by atoms with E-state index in [0.717, 1.165) is 50.3 Å². The molecule has 0 aromatic carbocycles. The van der Waals surface area contributed by atoms with E-state index in [0.29, 0.717) is 0 Å². The van der Waals surface area contributed by atoms with Crippen LogP contribution in [0.4, 0.5) is 5.95 Å². The second-order valence-corrected chi connectivity index (χ2v) is 5.77. The van der Waals surface area contributed by atoms with Gasteiger partial charge in [0.2, 0.25) is 5.95 Å². The van der Waals surface area contributed by atoms with Crippen molar-refractivity contribution in [1.29, 1.82) is 0 Å². The molecule has 1 aromatic heterocycles. The summed E-state index contributed by atoms with van der Waals surface area (Å²) in [5, 5.41) is 3.51. The van der Waals surface area contributed by atoms with Gasteiger partial charge >= 0.3 is 0 Å². The maximum Gasteiger partial charge on any atom is 0.225 e.